The van der Waals surface area contributed by atoms with Crippen molar-refractivity contribution in [1.82, 2.24) is 0 Å². The quantitative estimate of drug-likeness (QED) is 0.690. The lowest BCUT2D eigenvalue weighted by molar-refractivity contribution is 0.202. The molecule has 20 heavy (non-hydrogen) atoms. The fourth-order valence-corrected chi connectivity index (χ4v) is 6.53. The third kappa shape index (κ3) is 4.26. The van der Waals surface area contributed by atoms with E-state index >= 15 is 0 Å². The molecular weight excluding hydrogens is 284 g/mol. The van der Waals surface area contributed by atoms with Crippen LogP contribution in [0.15, 0.2) is 24.3 Å². The van der Waals surface area contributed by atoms with E-state index < -0.39 is 16.9 Å². The second kappa shape index (κ2) is 7.52. The van der Waals surface area contributed by atoms with Gasteiger partial charge in [-0.2, -0.15) is 0 Å². The molecule has 3 nitrogen and oxygen atoms in total. The van der Waals surface area contributed by atoms with Gasteiger partial charge in [-0.25, -0.2) is 0 Å². The summed E-state index contributed by atoms with van der Waals surface area (Å²) in [6, 6.07) is 8.67. The molecular formula is C15H28O3Si2. The van der Waals surface area contributed by atoms with Gasteiger partial charge in [0.05, 0.1) is 0 Å². The maximum atomic E-state index is 5.93. The average Bonchev–Trinajstić information content (AvgIpc) is 2.39. The Kier molecular flexibility index (Phi) is 6.61. The van der Waals surface area contributed by atoms with E-state index in [0.717, 1.165) is 6.61 Å². The standard InChI is InChI=1S/C15H28O3Si2/c1-7-16-19(4,5)14-10-12-15(13-11-14)20(6,17-8-2)18-9-3/h10-13H,7-9H2,1-6H3. The van der Waals surface area contributed by atoms with Crippen LogP contribution in [0.25, 0.3) is 0 Å². The molecule has 0 fully saturated rings. The van der Waals surface area contributed by atoms with Gasteiger partial charge in [-0.3, -0.25) is 0 Å². The Morgan fingerprint density at radius 1 is 0.700 bits per heavy atom. The first-order valence-electron chi connectivity index (χ1n) is 7.42. The van der Waals surface area contributed by atoms with Crippen LogP contribution in [0.5, 0.6) is 0 Å². The second-order valence-electron chi connectivity index (χ2n) is 5.33. The summed E-state index contributed by atoms with van der Waals surface area (Å²) in [7, 11) is -4.02. The number of benzene rings is 1. The molecule has 0 N–H and O–H groups in total. The van der Waals surface area contributed by atoms with E-state index in [1.807, 2.05) is 13.8 Å². The number of hydrogen-bond donors (Lipinski definition) is 0. The van der Waals surface area contributed by atoms with Crippen molar-refractivity contribution in [3.05, 3.63) is 24.3 Å². The highest BCUT2D eigenvalue weighted by Crippen LogP contribution is 2.10. The van der Waals surface area contributed by atoms with E-state index in [4.69, 9.17) is 13.3 Å². The van der Waals surface area contributed by atoms with Crippen molar-refractivity contribution in [3.8, 4) is 0 Å². The lowest BCUT2D eigenvalue weighted by Gasteiger charge is -2.27. The molecule has 1 aromatic carbocycles. The molecule has 0 aliphatic carbocycles. The van der Waals surface area contributed by atoms with Crippen LogP contribution >= 0.6 is 0 Å². The summed E-state index contributed by atoms with van der Waals surface area (Å²) in [6.45, 7) is 14.8. The van der Waals surface area contributed by atoms with Crippen LogP contribution in [0.4, 0.5) is 0 Å². The van der Waals surface area contributed by atoms with E-state index in [1.54, 1.807) is 0 Å². The predicted molar refractivity (Wildman–Crippen MR) is 89.7 cm³/mol. The Bertz CT molecular complexity index is 398. The molecule has 0 saturated carbocycles. The fraction of sp³-hybridized carbons (Fsp3) is 0.600. The van der Waals surface area contributed by atoms with Crippen molar-refractivity contribution >= 4 is 27.3 Å². The minimum Gasteiger partial charge on any atom is -0.413 e. The zero-order valence-corrected chi connectivity index (χ0v) is 15.7. The third-order valence-electron chi connectivity index (χ3n) is 3.45. The molecule has 0 unspecified atom stereocenters. The number of rotatable bonds is 8. The molecule has 0 aliphatic heterocycles. The van der Waals surface area contributed by atoms with Gasteiger partial charge < -0.3 is 13.3 Å². The van der Waals surface area contributed by atoms with Crippen LogP contribution in [0.1, 0.15) is 20.8 Å². The van der Waals surface area contributed by atoms with Gasteiger partial charge in [-0.1, -0.05) is 24.3 Å². The van der Waals surface area contributed by atoms with Crippen molar-refractivity contribution in [1.29, 1.82) is 0 Å². The normalized spacial score (nSPS) is 12.7. The highest BCUT2D eigenvalue weighted by atomic mass is 28.4. The third-order valence-corrected chi connectivity index (χ3v) is 9.24. The van der Waals surface area contributed by atoms with Gasteiger partial charge >= 0.3 is 8.56 Å². The molecule has 0 heterocycles. The summed E-state index contributed by atoms with van der Waals surface area (Å²) >= 11 is 0. The van der Waals surface area contributed by atoms with Crippen molar-refractivity contribution < 1.29 is 13.3 Å². The monoisotopic (exact) mass is 312 g/mol. The lowest BCUT2D eigenvalue weighted by atomic mass is 10.4. The molecule has 0 spiro atoms. The van der Waals surface area contributed by atoms with Crippen LogP contribution in [0.3, 0.4) is 0 Å². The Hall–Kier alpha value is -0.466. The van der Waals surface area contributed by atoms with E-state index in [-0.39, 0.29) is 0 Å². The Morgan fingerprint density at radius 3 is 1.50 bits per heavy atom. The minimum absolute atomic E-state index is 0.684. The summed E-state index contributed by atoms with van der Waals surface area (Å²) < 4.78 is 17.8. The SMILES string of the molecule is CCO[Si](C)(C)c1ccc([Si](C)(OCC)OCC)cc1. The van der Waals surface area contributed by atoms with Gasteiger partial charge in [0.25, 0.3) is 0 Å². The zero-order chi connectivity index (χ0) is 15.2. The van der Waals surface area contributed by atoms with E-state index in [1.165, 1.54) is 10.4 Å². The molecule has 0 aliphatic rings. The van der Waals surface area contributed by atoms with E-state index in [9.17, 15) is 0 Å². The fourth-order valence-electron chi connectivity index (χ4n) is 2.38. The van der Waals surface area contributed by atoms with Gasteiger partial charge in [-0.05, 0) is 50.8 Å². The van der Waals surface area contributed by atoms with Crippen LogP contribution in [0, 0.1) is 0 Å². The molecule has 1 rings (SSSR count). The average molecular weight is 313 g/mol. The molecule has 0 amide bonds. The van der Waals surface area contributed by atoms with Crippen LogP contribution < -0.4 is 10.4 Å². The smallest absolute Gasteiger partial charge is 0.369 e. The second-order valence-corrected chi connectivity index (χ2v) is 12.3. The largest absolute Gasteiger partial charge is 0.413 e. The molecule has 0 bridgehead atoms. The highest BCUT2D eigenvalue weighted by Gasteiger charge is 2.34. The summed E-state index contributed by atoms with van der Waals surface area (Å²) in [5, 5.41) is 2.50. The first-order valence-corrected chi connectivity index (χ1v) is 12.6. The van der Waals surface area contributed by atoms with E-state index in [2.05, 4.69) is 50.8 Å². The molecule has 0 radical (unpaired) electrons. The molecule has 0 atom stereocenters. The molecule has 114 valence electrons. The first-order chi connectivity index (χ1) is 9.39. The van der Waals surface area contributed by atoms with Crippen molar-refractivity contribution in [3.63, 3.8) is 0 Å². The van der Waals surface area contributed by atoms with Crippen LogP contribution in [-0.4, -0.2) is 36.7 Å². The Morgan fingerprint density at radius 2 is 1.10 bits per heavy atom. The Labute approximate surface area is 125 Å². The van der Waals surface area contributed by atoms with Crippen LogP contribution in [-0.2, 0) is 13.3 Å². The highest BCUT2D eigenvalue weighted by molar-refractivity contribution is 6.84. The van der Waals surface area contributed by atoms with Crippen molar-refractivity contribution in [2.24, 2.45) is 0 Å². The first kappa shape index (κ1) is 17.6. The summed E-state index contributed by atoms with van der Waals surface area (Å²) in [5.74, 6) is 0. The predicted octanol–water partition coefficient (Wildman–Crippen LogP) is 2.49. The summed E-state index contributed by atoms with van der Waals surface area (Å²) in [4.78, 5) is 0. The Balaban J connectivity index is 2.99. The van der Waals surface area contributed by atoms with Crippen LogP contribution in [0.2, 0.25) is 19.6 Å². The van der Waals surface area contributed by atoms with Gasteiger partial charge in [0.2, 0.25) is 8.32 Å². The van der Waals surface area contributed by atoms with Crippen molar-refractivity contribution in [2.45, 2.75) is 40.4 Å². The number of hydrogen-bond acceptors (Lipinski definition) is 3. The van der Waals surface area contributed by atoms with Gasteiger partial charge in [0.1, 0.15) is 0 Å². The topological polar surface area (TPSA) is 27.7 Å². The maximum absolute atomic E-state index is 5.93. The molecule has 0 saturated heterocycles. The minimum atomic E-state index is -2.25. The summed E-state index contributed by atoms with van der Waals surface area (Å²) in [5.41, 5.74) is 0. The zero-order valence-electron chi connectivity index (χ0n) is 13.7. The molecule has 1 aromatic rings. The lowest BCUT2D eigenvalue weighted by Crippen LogP contribution is -2.52. The molecule has 0 aromatic heterocycles. The maximum Gasteiger partial charge on any atom is 0.369 e. The summed E-state index contributed by atoms with van der Waals surface area (Å²) in [6.07, 6.45) is 0. The van der Waals surface area contributed by atoms with Crippen molar-refractivity contribution in [2.75, 3.05) is 19.8 Å². The van der Waals surface area contributed by atoms with Gasteiger partial charge in [0.15, 0.2) is 0 Å². The van der Waals surface area contributed by atoms with E-state index in [0.29, 0.717) is 13.2 Å². The van der Waals surface area contributed by atoms with Gasteiger partial charge in [-0.15, -0.1) is 0 Å². The molecule has 5 heteroatoms. The van der Waals surface area contributed by atoms with Gasteiger partial charge in [0, 0.05) is 19.8 Å².